The molecular weight excluding hydrogens is 421 g/mol. The fourth-order valence-corrected chi connectivity index (χ4v) is 3.70. The van der Waals surface area contributed by atoms with E-state index in [1.165, 1.54) is 29.2 Å². The molecule has 0 radical (unpaired) electrons. The predicted octanol–water partition coefficient (Wildman–Crippen LogP) is 3.60. The highest BCUT2D eigenvalue weighted by atomic mass is 32.1. The Morgan fingerprint density at radius 3 is 2.70 bits per heavy atom. The van der Waals surface area contributed by atoms with Gasteiger partial charge < -0.3 is 10.1 Å². The van der Waals surface area contributed by atoms with Gasteiger partial charge >= 0.3 is 6.36 Å². The normalized spacial score (nSPS) is 12.6. The first-order valence-corrected chi connectivity index (χ1v) is 9.43. The fraction of sp³-hybridized carbons (Fsp3) is 0.167. The Balaban J connectivity index is 1.55. The van der Waals surface area contributed by atoms with E-state index in [9.17, 15) is 18.0 Å². The maximum Gasteiger partial charge on any atom is 0.573 e. The van der Waals surface area contributed by atoms with Crippen molar-refractivity contribution in [3.63, 3.8) is 0 Å². The molecule has 0 fully saturated rings. The third-order valence-corrected chi connectivity index (χ3v) is 5.02. The number of rotatable bonds is 6. The number of hydrogen-bond donors (Lipinski definition) is 1. The molecule has 2 heterocycles. The predicted molar refractivity (Wildman–Crippen MR) is 102 cm³/mol. The van der Waals surface area contributed by atoms with Gasteiger partial charge in [-0.3, -0.25) is 4.79 Å². The van der Waals surface area contributed by atoms with Crippen LogP contribution >= 0.6 is 11.3 Å². The number of anilines is 1. The van der Waals surface area contributed by atoms with Gasteiger partial charge in [0.05, 0.1) is 10.2 Å². The smallest absolute Gasteiger partial charge is 0.406 e. The summed E-state index contributed by atoms with van der Waals surface area (Å²) in [6, 6.07) is 12.4. The van der Waals surface area contributed by atoms with Gasteiger partial charge in [0.2, 0.25) is 0 Å². The Morgan fingerprint density at radius 1 is 1.20 bits per heavy atom. The zero-order valence-corrected chi connectivity index (χ0v) is 15.9. The minimum absolute atomic E-state index is 0.241. The molecule has 0 spiro atoms. The van der Waals surface area contributed by atoms with Gasteiger partial charge in [-0.1, -0.05) is 41.7 Å². The number of nitrogens with zero attached hydrogens (tertiary/aromatic N) is 5. The van der Waals surface area contributed by atoms with E-state index in [0.29, 0.717) is 16.6 Å². The Kier molecular flexibility index (Phi) is 5.31. The van der Waals surface area contributed by atoms with Crippen molar-refractivity contribution in [3.8, 4) is 5.75 Å². The van der Waals surface area contributed by atoms with Crippen molar-refractivity contribution in [1.29, 1.82) is 0 Å². The second-order valence-corrected chi connectivity index (χ2v) is 7.21. The van der Waals surface area contributed by atoms with E-state index in [2.05, 4.69) is 30.6 Å². The first-order valence-electron chi connectivity index (χ1n) is 8.61. The molecule has 0 saturated heterocycles. The minimum Gasteiger partial charge on any atom is -0.406 e. The lowest BCUT2D eigenvalue weighted by molar-refractivity contribution is -0.274. The standard InChI is InChI=1S/C18H13F3N6O2S/c19-18(20,21)29-12-6-7-13-15(9-12)30-17(23-13)24-16(28)14(27-10-22-25-26-27)8-11-4-2-1-3-5-11/h1-7,9-10,14H,8H2,(H,23,24,28). The monoisotopic (exact) mass is 434 g/mol. The van der Waals surface area contributed by atoms with Gasteiger partial charge in [0.1, 0.15) is 18.1 Å². The number of benzene rings is 2. The highest BCUT2D eigenvalue weighted by Crippen LogP contribution is 2.32. The average molecular weight is 434 g/mol. The van der Waals surface area contributed by atoms with E-state index in [1.807, 2.05) is 30.3 Å². The number of fused-ring (bicyclic) bond motifs is 1. The molecule has 12 heteroatoms. The SMILES string of the molecule is O=C(Nc1nc2ccc(OC(F)(F)F)cc2s1)C(Cc1ccccc1)n1cnnn1. The molecule has 30 heavy (non-hydrogen) atoms. The van der Waals surface area contributed by atoms with Crippen molar-refractivity contribution in [2.24, 2.45) is 0 Å². The number of aromatic nitrogens is 5. The number of nitrogens with one attached hydrogen (secondary N) is 1. The van der Waals surface area contributed by atoms with Crippen molar-refractivity contribution >= 4 is 32.6 Å². The van der Waals surface area contributed by atoms with E-state index in [-0.39, 0.29) is 10.9 Å². The molecule has 0 aliphatic heterocycles. The van der Waals surface area contributed by atoms with E-state index in [0.717, 1.165) is 16.9 Å². The number of amides is 1. The van der Waals surface area contributed by atoms with Crippen molar-refractivity contribution in [1.82, 2.24) is 25.2 Å². The van der Waals surface area contributed by atoms with Crippen LogP contribution in [-0.2, 0) is 11.2 Å². The summed E-state index contributed by atoms with van der Waals surface area (Å²) < 4.78 is 42.9. The molecule has 1 N–H and O–H groups in total. The lowest BCUT2D eigenvalue weighted by Gasteiger charge is -2.15. The molecule has 8 nitrogen and oxygen atoms in total. The minimum atomic E-state index is -4.79. The van der Waals surface area contributed by atoms with Gasteiger partial charge in [-0.2, -0.15) is 0 Å². The fourth-order valence-electron chi connectivity index (χ4n) is 2.80. The Morgan fingerprint density at radius 2 is 2.00 bits per heavy atom. The summed E-state index contributed by atoms with van der Waals surface area (Å²) in [5.74, 6) is -0.760. The summed E-state index contributed by atoms with van der Waals surface area (Å²) in [5, 5.41) is 13.9. The van der Waals surface area contributed by atoms with E-state index in [1.54, 1.807) is 0 Å². The number of tetrazole rings is 1. The number of hydrogen-bond acceptors (Lipinski definition) is 7. The Bertz CT molecular complexity index is 1150. The number of carbonyl (C=O) groups excluding carboxylic acids is 1. The van der Waals surface area contributed by atoms with Gasteiger partial charge in [-0.25, -0.2) is 9.67 Å². The Labute approximate surface area is 171 Å². The van der Waals surface area contributed by atoms with Gasteiger partial charge in [0.15, 0.2) is 5.13 Å². The summed E-state index contributed by atoms with van der Waals surface area (Å²) in [4.78, 5) is 17.2. The molecule has 4 rings (SSSR count). The Hall–Kier alpha value is -3.54. The molecule has 4 aromatic rings. The number of carbonyl (C=O) groups is 1. The molecular formula is C18H13F3N6O2S. The highest BCUT2D eigenvalue weighted by molar-refractivity contribution is 7.22. The summed E-state index contributed by atoms with van der Waals surface area (Å²) in [5.41, 5.74) is 1.35. The quantitative estimate of drug-likeness (QED) is 0.498. The lowest BCUT2D eigenvalue weighted by atomic mass is 10.1. The zero-order chi connectivity index (χ0) is 21.1. The number of alkyl halides is 3. The molecule has 2 aromatic heterocycles. The number of ether oxygens (including phenoxy) is 1. The first-order chi connectivity index (χ1) is 14.4. The lowest BCUT2D eigenvalue weighted by Crippen LogP contribution is -2.28. The van der Waals surface area contributed by atoms with Crippen molar-refractivity contribution < 1.29 is 22.7 Å². The molecule has 154 valence electrons. The van der Waals surface area contributed by atoms with Crippen molar-refractivity contribution in [2.75, 3.05) is 5.32 Å². The first kappa shape index (κ1) is 19.8. The van der Waals surface area contributed by atoms with Crippen LogP contribution < -0.4 is 10.1 Å². The topological polar surface area (TPSA) is 94.8 Å². The molecule has 0 saturated carbocycles. The third kappa shape index (κ3) is 4.71. The maximum atomic E-state index is 12.9. The van der Waals surface area contributed by atoms with Crippen LogP contribution in [0.2, 0.25) is 0 Å². The second-order valence-electron chi connectivity index (χ2n) is 6.18. The van der Waals surface area contributed by atoms with Crippen LogP contribution in [0.4, 0.5) is 18.3 Å². The highest BCUT2D eigenvalue weighted by Gasteiger charge is 2.31. The summed E-state index contributed by atoms with van der Waals surface area (Å²) in [7, 11) is 0. The van der Waals surface area contributed by atoms with E-state index in [4.69, 9.17) is 0 Å². The molecule has 1 amide bonds. The summed E-state index contributed by atoms with van der Waals surface area (Å²) in [6.07, 6.45) is -3.11. The van der Waals surface area contributed by atoms with Crippen LogP contribution in [-0.4, -0.2) is 37.5 Å². The van der Waals surface area contributed by atoms with Crippen LogP contribution in [0.1, 0.15) is 11.6 Å². The van der Waals surface area contributed by atoms with Crippen LogP contribution in [0.3, 0.4) is 0 Å². The number of thiazole rings is 1. The zero-order valence-electron chi connectivity index (χ0n) is 15.1. The van der Waals surface area contributed by atoms with Gasteiger partial charge in [-0.05, 0) is 28.1 Å². The number of halogens is 3. The third-order valence-electron chi connectivity index (χ3n) is 4.08. The average Bonchev–Trinajstić information content (AvgIpc) is 3.34. The summed E-state index contributed by atoms with van der Waals surface area (Å²) >= 11 is 1.04. The van der Waals surface area contributed by atoms with Crippen LogP contribution in [0.25, 0.3) is 10.2 Å². The van der Waals surface area contributed by atoms with Crippen LogP contribution in [0, 0.1) is 0 Å². The molecule has 0 bridgehead atoms. The van der Waals surface area contributed by atoms with Crippen LogP contribution in [0.5, 0.6) is 5.75 Å². The maximum absolute atomic E-state index is 12.9. The van der Waals surface area contributed by atoms with Crippen molar-refractivity contribution in [3.05, 3.63) is 60.4 Å². The second kappa shape index (κ2) is 8.06. The van der Waals surface area contributed by atoms with Crippen LogP contribution in [0.15, 0.2) is 54.9 Å². The van der Waals surface area contributed by atoms with Gasteiger partial charge in [0.25, 0.3) is 5.91 Å². The van der Waals surface area contributed by atoms with Gasteiger partial charge in [0, 0.05) is 12.5 Å². The van der Waals surface area contributed by atoms with Crippen molar-refractivity contribution in [2.45, 2.75) is 18.8 Å². The van der Waals surface area contributed by atoms with E-state index >= 15 is 0 Å². The molecule has 2 aromatic carbocycles. The molecule has 0 aliphatic carbocycles. The van der Waals surface area contributed by atoms with Gasteiger partial charge in [-0.15, -0.1) is 18.3 Å². The van der Waals surface area contributed by atoms with E-state index < -0.39 is 18.3 Å². The summed E-state index contributed by atoms with van der Waals surface area (Å²) in [6.45, 7) is 0. The molecule has 1 unspecified atom stereocenters. The molecule has 1 atom stereocenters. The largest absolute Gasteiger partial charge is 0.573 e. The molecule has 0 aliphatic rings.